The third kappa shape index (κ3) is 0.926. The average molecular weight is 178 g/mol. The lowest BCUT2D eigenvalue weighted by Crippen LogP contribution is -2.18. The zero-order valence-corrected chi connectivity index (χ0v) is 9.05. The molecule has 0 saturated heterocycles. The van der Waals surface area contributed by atoms with E-state index < -0.39 is 0 Å². The molecule has 0 radical (unpaired) electrons. The Morgan fingerprint density at radius 2 is 2.15 bits per heavy atom. The second-order valence-electron chi connectivity index (χ2n) is 5.79. The topological polar surface area (TPSA) is 0 Å². The molecule has 3 fully saturated rings. The van der Waals surface area contributed by atoms with Gasteiger partial charge in [0.1, 0.15) is 0 Å². The van der Waals surface area contributed by atoms with E-state index in [1.165, 1.54) is 24.7 Å². The summed E-state index contributed by atoms with van der Waals surface area (Å²) in [6.45, 7) is 4.83. The molecule has 5 atom stereocenters. The molecule has 0 N–H and O–H groups in total. The molecule has 0 aromatic heterocycles. The molecule has 74 valence electrons. The Morgan fingerprint density at radius 1 is 1.31 bits per heavy atom. The van der Waals surface area contributed by atoms with E-state index in [1.54, 1.807) is 25.7 Å². The molecule has 3 aliphatic rings. The van der Waals surface area contributed by atoms with E-state index in [0.29, 0.717) is 0 Å². The summed E-state index contributed by atoms with van der Waals surface area (Å²) in [5, 5.41) is 0. The highest BCUT2D eigenvalue weighted by Gasteiger charge is 2.74. The summed E-state index contributed by atoms with van der Waals surface area (Å²) in [4.78, 5) is 0. The molecule has 0 bridgehead atoms. The van der Waals surface area contributed by atoms with Crippen LogP contribution in [-0.4, -0.2) is 0 Å². The van der Waals surface area contributed by atoms with Crippen molar-refractivity contribution in [2.24, 2.45) is 29.1 Å². The molecule has 3 aliphatic carbocycles. The first kappa shape index (κ1) is 8.32. The van der Waals surface area contributed by atoms with Crippen molar-refractivity contribution in [3.8, 4) is 0 Å². The van der Waals surface area contributed by atoms with E-state index in [4.69, 9.17) is 0 Å². The van der Waals surface area contributed by atoms with Crippen molar-refractivity contribution >= 4 is 0 Å². The van der Waals surface area contributed by atoms with Crippen LogP contribution >= 0.6 is 0 Å². The van der Waals surface area contributed by atoms with Crippen molar-refractivity contribution in [2.75, 3.05) is 0 Å². The minimum Gasteiger partial charge on any atom is -0.0654 e. The third-order valence-corrected chi connectivity index (χ3v) is 5.46. The molecule has 3 saturated carbocycles. The highest BCUT2D eigenvalue weighted by Crippen LogP contribution is 2.81. The Balaban J connectivity index is 1.54. The van der Waals surface area contributed by atoms with Gasteiger partial charge in [0.25, 0.3) is 0 Å². The first-order chi connectivity index (χ1) is 6.30. The average Bonchev–Trinajstić information content (AvgIpc) is 2.88. The number of hydrogen-bond donors (Lipinski definition) is 0. The van der Waals surface area contributed by atoms with Crippen LogP contribution in [0.5, 0.6) is 0 Å². The van der Waals surface area contributed by atoms with Crippen molar-refractivity contribution < 1.29 is 0 Å². The summed E-state index contributed by atoms with van der Waals surface area (Å²) in [5.41, 5.74) is 0.929. The van der Waals surface area contributed by atoms with Crippen LogP contribution in [0.4, 0.5) is 0 Å². The Bertz CT molecular complexity index is 214. The maximum Gasteiger partial charge on any atom is -0.0207 e. The summed E-state index contributed by atoms with van der Waals surface area (Å²) in [5.74, 6) is 4.65. The minimum absolute atomic E-state index is 0.929. The minimum atomic E-state index is 0.929. The van der Waals surface area contributed by atoms with Crippen LogP contribution in [0, 0.1) is 29.1 Å². The SMILES string of the molecule is CCCCC1CC1C12CCC1C2C. The molecule has 13 heavy (non-hydrogen) atoms. The van der Waals surface area contributed by atoms with Crippen LogP contribution < -0.4 is 0 Å². The van der Waals surface area contributed by atoms with Crippen LogP contribution in [0.2, 0.25) is 0 Å². The largest absolute Gasteiger partial charge is 0.0654 e. The second kappa shape index (κ2) is 2.52. The molecule has 0 heteroatoms. The smallest absolute Gasteiger partial charge is 0.0207 e. The van der Waals surface area contributed by atoms with Gasteiger partial charge in [0.05, 0.1) is 0 Å². The molecule has 5 unspecified atom stereocenters. The summed E-state index contributed by atoms with van der Waals surface area (Å²) in [6, 6.07) is 0. The van der Waals surface area contributed by atoms with Gasteiger partial charge in [-0.25, -0.2) is 0 Å². The Kier molecular flexibility index (Phi) is 1.61. The van der Waals surface area contributed by atoms with Crippen molar-refractivity contribution in [3.05, 3.63) is 0 Å². The van der Waals surface area contributed by atoms with Crippen molar-refractivity contribution in [3.63, 3.8) is 0 Å². The van der Waals surface area contributed by atoms with E-state index in [0.717, 1.165) is 17.3 Å². The van der Waals surface area contributed by atoms with Crippen LogP contribution in [0.15, 0.2) is 0 Å². The quantitative estimate of drug-likeness (QED) is 0.613. The molecule has 0 heterocycles. The van der Waals surface area contributed by atoms with Crippen LogP contribution in [0.25, 0.3) is 0 Å². The summed E-state index contributed by atoms with van der Waals surface area (Å²) < 4.78 is 0. The van der Waals surface area contributed by atoms with Gasteiger partial charge in [-0.2, -0.15) is 0 Å². The van der Waals surface area contributed by atoms with Crippen LogP contribution in [-0.2, 0) is 0 Å². The molecule has 0 aliphatic heterocycles. The highest BCUT2D eigenvalue weighted by atomic mass is 14.8. The normalized spacial score (nSPS) is 56.8. The predicted octanol–water partition coefficient (Wildman–Crippen LogP) is 3.86. The van der Waals surface area contributed by atoms with E-state index in [1.807, 2.05) is 0 Å². The number of fused-ring (bicyclic) bond motifs is 1. The molecular weight excluding hydrogens is 156 g/mol. The standard InChI is InChI=1S/C13H22/c1-3-4-5-10-8-12(10)13-7-6-11(13)9(13)2/h9-12H,3-8H2,1-2H3. The monoisotopic (exact) mass is 178 g/mol. The van der Waals surface area contributed by atoms with E-state index in [2.05, 4.69) is 13.8 Å². The number of rotatable bonds is 4. The molecule has 0 nitrogen and oxygen atoms in total. The first-order valence-electron chi connectivity index (χ1n) is 6.30. The fourth-order valence-electron chi connectivity index (χ4n) is 4.37. The molecular formula is C13H22. The molecule has 0 aromatic carbocycles. The lowest BCUT2D eigenvalue weighted by Gasteiger charge is -2.26. The summed E-state index contributed by atoms with van der Waals surface area (Å²) >= 11 is 0. The van der Waals surface area contributed by atoms with Gasteiger partial charge in [0, 0.05) is 0 Å². The fraction of sp³-hybridized carbons (Fsp3) is 1.00. The number of hydrogen-bond acceptors (Lipinski definition) is 0. The Hall–Kier alpha value is 0. The zero-order valence-electron chi connectivity index (χ0n) is 9.05. The van der Waals surface area contributed by atoms with Gasteiger partial charge in [-0.05, 0) is 48.3 Å². The second-order valence-corrected chi connectivity index (χ2v) is 5.79. The van der Waals surface area contributed by atoms with Crippen molar-refractivity contribution in [2.45, 2.75) is 52.4 Å². The predicted molar refractivity (Wildman–Crippen MR) is 55.4 cm³/mol. The lowest BCUT2D eigenvalue weighted by molar-refractivity contribution is 0.233. The van der Waals surface area contributed by atoms with E-state index in [9.17, 15) is 0 Å². The highest BCUT2D eigenvalue weighted by molar-refractivity contribution is 5.22. The maximum absolute atomic E-state index is 2.51. The summed E-state index contributed by atoms with van der Waals surface area (Å²) in [6.07, 6.45) is 9.18. The zero-order chi connectivity index (χ0) is 9.05. The Morgan fingerprint density at radius 3 is 2.62 bits per heavy atom. The van der Waals surface area contributed by atoms with Crippen molar-refractivity contribution in [1.29, 1.82) is 0 Å². The van der Waals surface area contributed by atoms with Gasteiger partial charge in [-0.15, -0.1) is 0 Å². The van der Waals surface area contributed by atoms with Gasteiger partial charge in [-0.3, -0.25) is 0 Å². The van der Waals surface area contributed by atoms with Gasteiger partial charge >= 0.3 is 0 Å². The molecule has 0 aromatic rings. The molecule has 3 rings (SSSR count). The summed E-state index contributed by atoms with van der Waals surface area (Å²) in [7, 11) is 0. The molecule has 0 amide bonds. The fourth-order valence-corrected chi connectivity index (χ4v) is 4.37. The molecule has 0 spiro atoms. The van der Waals surface area contributed by atoms with Gasteiger partial charge in [0.15, 0.2) is 0 Å². The first-order valence-corrected chi connectivity index (χ1v) is 6.30. The van der Waals surface area contributed by atoms with Gasteiger partial charge in [-0.1, -0.05) is 33.1 Å². The third-order valence-electron chi connectivity index (χ3n) is 5.46. The number of unbranched alkanes of at least 4 members (excludes halogenated alkanes) is 1. The maximum atomic E-state index is 2.51. The van der Waals surface area contributed by atoms with Crippen LogP contribution in [0.3, 0.4) is 0 Å². The van der Waals surface area contributed by atoms with Gasteiger partial charge in [0.2, 0.25) is 0 Å². The van der Waals surface area contributed by atoms with Gasteiger partial charge < -0.3 is 0 Å². The van der Waals surface area contributed by atoms with E-state index in [-0.39, 0.29) is 0 Å². The van der Waals surface area contributed by atoms with Crippen LogP contribution in [0.1, 0.15) is 52.4 Å². The lowest BCUT2D eigenvalue weighted by atomic mass is 9.79. The Labute approximate surface area is 82.1 Å². The van der Waals surface area contributed by atoms with E-state index >= 15 is 0 Å². The van der Waals surface area contributed by atoms with Crippen molar-refractivity contribution in [1.82, 2.24) is 0 Å².